The molecule has 0 unspecified atom stereocenters. The number of aromatic nitrogens is 2. The third-order valence-electron chi connectivity index (χ3n) is 4.73. The Hall–Kier alpha value is -3.64. The van der Waals surface area contributed by atoms with Crippen molar-refractivity contribution in [1.82, 2.24) is 9.78 Å². The van der Waals surface area contributed by atoms with Gasteiger partial charge in [0, 0.05) is 33.5 Å². The smallest absolute Gasteiger partial charge is 0.281 e. The predicted molar refractivity (Wildman–Crippen MR) is 110 cm³/mol. The molecule has 144 valence electrons. The second kappa shape index (κ2) is 7.07. The molecular weight excluding hydrogens is 392 g/mol. The van der Waals surface area contributed by atoms with Gasteiger partial charge in [0.25, 0.3) is 11.5 Å². The maximum absolute atomic E-state index is 12.9. The number of benzene rings is 2. The van der Waals surface area contributed by atoms with Crippen molar-refractivity contribution in [2.45, 2.75) is 6.92 Å². The molecule has 0 aliphatic heterocycles. The summed E-state index contributed by atoms with van der Waals surface area (Å²) in [5.74, 6) is -1.07. The number of allylic oxidation sites excluding steroid dienone is 2. The maximum atomic E-state index is 12.9. The van der Waals surface area contributed by atoms with Crippen LogP contribution in [-0.4, -0.2) is 26.6 Å². The highest BCUT2D eigenvalue weighted by Gasteiger charge is 2.23. The Morgan fingerprint density at radius 1 is 1.07 bits per heavy atom. The van der Waals surface area contributed by atoms with E-state index >= 15 is 0 Å². The molecule has 7 heteroatoms. The van der Waals surface area contributed by atoms with Crippen molar-refractivity contribution < 1.29 is 14.7 Å². The standard InChI is InChI=1S/C22H15ClN2O4/c1-12-17(10-18-15-4-2-3-5-16(15)19(26)11-20(18)27)22(29)25(24-12)21(28)13-6-8-14(23)9-7-13/h2-11,24,27H,1H3/b18-10-. The summed E-state index contributed by atoms with van der Waals surface area (Å²) < 4.78 is 0.908. The van der Waals surface area contributed by atoms with Crippen LogP contribution in [0.15, 0.2) is 65.2 Å². The molecule has 0 spiro atoms. The number of aromatic amines is 1. The molecule has 0 radical (unpaired) electrons. The monoisotopic (exact) mass is 406 g/mol. The minimum Gasteiger partial charge on any atom is -0.507 e. The molecule has 1 aromatic heterocycles. The zero-order chi connectivity index (χ0) is 20.7. The first-order chi connectivity index (χ1) is 13.9. The molecule has 0 bridgehead atoms. The summed E-state index contributed by atoms with van der Waals surface area (Å²) in [7, 11) is 0. The largest absolute Gasteiger partial charge is 0.507 e. The Labute approximate surface area is 170 Å². The van der Waals surface area contributed by atoms with Gasteiger partial charge >= 0.3 is 0 Å². The van der Waals surface area contributed by atoms with Crippen molar-refractivity contribution in [2.75, 3.05) is 0 Å². The maximum Gasteiger partial charge on any atom is 0.281 e. The van der Waals surface area contributed by atoms with E-state index in [1.807, 2.05) is 0 Å². The van der Waals surface area contributed by atoms with Gasteiger partial charge in [0.15, 0.2) is 5.78 Å². The molecule has 1 aliphatic rings. The number of aliphatic hydroxyl groups is 1. The van der Waals surface area contributed by atoms with Crippen LogP contribution in [0, 0.1) is 6.92 Å². The van der Waals surface area contributed by atoms with Crippen LogP contribution in [0.1, 0.15) is 37.5 Å². The molecule has 1 heterocycles. The summed E-state index contributed by atoms with van der Waals surface area (Å²) in [6, 6.07) is 13.0. The number of nitrogens with one attached hydrogen (secondary N) is 1. The Morgan fingerprint density at radius 3 is 2.41 bits per heavy atom. The van der Waals surface area contributed by atoms with E-state index in [-0.39, 0.29) is 17.1 Å². The lowest BCUT2D eigenvalue weighted by Crippen LogP contribution is -2.26. The minimum atomic E-state index is -0.558. The van der Waals surface area contributed by atoms with Crippen molar-refractivity contribution in [3.05, 3.63) is 104 Å². The normalized spacial score (nSPS) is 14.6. The van der Waals surface area contributed by atoms with Gasteiger partial charge in [-0.15, -0.1) is 0 Å². The van der Waals surface area contributed by atoms with Gasteiger partial charge in [-0.2, -0.15) is 4.68 Å². The lowest BCUT2D eigenvalue weighted by molar-refractivity contribution is 0.0940. The van der Waals surface area contributed by atoms with Gasteiger partial charge in [-0.05, 0) is 42.8 Å². The van der Waals surface area contributed by atoms with E-state index in [9.17, 15) is 19.5 Å². The summed E-state index contributed by atoms with van der Waals surface area (Å²) in [6.07, 6.45) is 2.60. The first-order valence-corrected chi connectivity index (χ1v) is 9.13. The number of halogens is 1. The molecule has 1 aliphatic carbocycles. The lowest BCUT2D eigenvalue weighted by atomic mass is 9.89. The van der Waals surface area contributed by atoms with Crippen LogP contribution in [0.25, 0.3) is 11.6 Å². The molecule has 0 amide bonds. The molecule has 0 atom stereocenters. The van der Waals surface area contributed by atoms with Gasteiger partial charge in [-0.1, -0.05) is 35.9 Å². The highest BCUT2D eigenvalue weighted by atomic mass is 35.5. The van der Waals surface area contributed by atoms with E-state index < -0.39 is 11.5 Å². The summed E-state index contributed by atoms with van der Waals surface area (Å²) in [4.78, 5) is 37.7. The van der Waals surface area contributed by atoms with Gasteiger partial charge in [0.2, 0.25) is 0 Å². The average molecular weight is 407 g/mol. The summed E-state index contributed by atoms with van der Waals surface area (Å²) >= 11 is 5.85. The fourth-order valence-electron chi connectivity index (χ4n) is 3.24. The fourth-order valence-corrected chi connectivity index (χ4v) is 3.37. The van der Waals surface area contributed by atoms with Crippen molar-refractivity contribution in [2.24, 2.45) is 0 Å². The number of rotatable bonds is 2. The molecule has 29 heavy (non-hydrogen) atoms. The highest BCUT2D eigenvalue weighted by molar-refractivity contribution is 6.30. The van der Waals surface area contributed by atoms with E-state index in [4.69, 9.17) is 11.6 Å². The SMILES string of the molecule is Cc1[nH]n(C(=O)c2ccc(Cl)cc2)c(=O)c1/C=C1\C(O)=CC(=O)c2ccccc21. The van der Waals surface area contributed by atoms with Crippen molar-refractivity contribution in [3.63, 3.8) is 0 Å². The van der Waals surface area contributed by atoms with Crippen molar-refractivity contribution >= 4 is 34.9 Å². The molecule has 0 fully saturated rings. The van der Waals surface area contributed by atoms with Crippen LogP contribution in [0.5, 0.6) is 0 Å². The zero-order valence-electron chi connectivity index (χ0n) is 15.3. The number of hydrogen-bond acceptors (Lipinski definition) is 4. The van der Waals surface area contributed by atoms with E-state index in [0.717, 1.165) is 10.8 Å². The number of nitrogens with zero attached hydrogens (tertiary/aromatic N) is 1. The van der Waals surface area contributed by atoms with E-state index in [0.29, 0.717) is 33.0 Å². The number of hydrogen-bond donors (Lipinski definition) is 2. The van der Waals surface area contributed by atoms with Gasteiger partial charge in [0.1, 0.15) is 5.76 Å². The van der Waals surface area contributed by atoms with Crippen LogP contribution in [0.2, 0.25) is 5.02 Å². The Balaban J connectivity index is 1.82. The Kier molecular flexibility index (Phi) is 4.56. The molecule has 0 saturated carbocycles. The quantitative estimate of drug-likeness (QED) is 0.672. The molecule has 2 aromatic carbocycles. The molecule has 4 rings (SSSR count). The van der Waals surface area contributed by atoms with Gasteiger partial charge in [0.05, 0.1) is 5.56 Å². The number of H-pyrrole nitrogens is 1. The highest BCUT2D eigenvalue weighted by Crippen LogP contribution is 2.31. The third kappa shape index (κ3) is 3.23. The number of fused-ring (bicyclic) bond motifs is 1. The number of carbonyl (C=O) groups is 2. The predicted octanol–water partition coefficient (Wildman–Crippen LogP) is 4.01. The first kappa shape index (κ1) is 18.7. The number of aliphatic hydroxyl groups excluding tert-OH is 1. The van der Waals surface area contributed by atoms with Crippen LogP contribution >= 0.6 is 11.6 Å². The van der Waals surface area contributed by atoms with Crippen molar-refractivity contribution in [3.8, 4) is 0 Å². The average Bonchev–Trinajstić information content (AvgIpc) is 2.99. The topological polar surface area (TPSA) is 92.2 Å². The molecule has 3 aromatic rings. The second-order valence-electron chi connectivity index (χ2n) is 6.60. The summed E-state index contributed by atoms with van der Waals surface area (Å²) in [6.45, 7) is 1.65. The zero-order valence-corrected chi connectivity index (χ0v) is 16.0. The number of ketones is 1. The van der Waals surface area contributed by atoms with Crippen LogP contribution in [0.4, 0.5) is 0 Å². The van der Waals surface area contributed by atoms with E-state index in [2.05, 4.69) is 5.10 Å². The summed E-state index contributed by atoms with van der Waals surface area (Å²) in [5, 5.41) is 13.6. The van der Waals surface area contributed by atoms with E-state index in [1.54, 1.807) is 43.3 Å². The van der Waals surface area contributed by atoms with Gasteiger partial charge < -0.3 is 5.11 Å². The van der Waals surface area contributed by atoms with Gasteiger partial charge in [-0.25, -0.2) is 0 Å². The number of carbonyl (C=O) groups excluding carboxylic acids is 2. The van der Waals surface area contributed by atoms with Crippen LogP contribution < -0.4 is 5.56 Å². The van der Waals surface area contributed by atoms with Crippen LogP contribution in [0.3, 0.4) is 0 Å². The number of aryl methyl sites for hydroxylation is 1. The minimum absolute atomic E-state index is 0.214. The van der Waals surface area contributed by atoms with Crippen molar-refractivity contribution in [1.29, 1.82) is 0 Å². The molecule has 2 N–H and O–H groups in total. The lowest BCUT2D eigenvalue weighted by Gasteiger charge is -2.15. The molecule has 6 nitrogen and oxygen atoms in total. The van der Waals surface area contributed by atoms with Crippen LogP contribution in [-0.2, 0) is 0 Å². The Bertz CT molecular complexity index is 1280. The first-order valence-electron chi connectivity index (χ1n) is 8.75. The van der Waals surface area contributed by atoms with E-state index in [1.165, 1.54) is 18.2 Å². The summed E-state index contributed by atoms with van der Waals surface area (Å²) in [5.41, 5.74) is 1.70. The molecule has 0 saturated heterocycles. The van der Waals surface area contributed by atoms with Gasteiger partial charge in [-0.3, -0.25) is 19.5 Å². The fraction of sp³-hybridized carbons (Fsp3) is 0.0455. The third-order valence-corrected chi connectivity index (χ3v) is 4.98. The molecular formula is C22H15ClN2O4. The second-order valence-corrected chi connectivity index (χ2v) is 7.04. The Morgan fingerprint density at radius 2 is 1.72 bits per heavy atom.